The summed E-state index contributed by atoms with van der Waals surface area (Å²) in [5.74, 6) is 1.74. The summed E-state index contributed by atoms with van der Waals surface area (Å²) in [6.45, 7) is -0.547. The molecule has 0 aliphatic heterocycles. The van der Waals surface area contributed by atoms with E-state index in [0.29, 0.717) is 34.1 Å². The third-order valence-corrected chi connectivity index (χ3v) is 3.97. The van der Waals surface area contributed by atoms with Gasteiger partial charge < -0.3 is 34.3 Å². The highest BCUT2D eigenvalue weighted by Gasteiger charge is 2.24. The van der Waals surface area contributed by atoms with E-state index in [0.717, 1.165) is 0 Å². The van der Waals surface area contributed by atoms with Crippen LogP contribution in [0.1, 0.15) is 17.2 Å². The quantitative estimate of drug-likeness (QED) is 0.623. The Kier molecular flexibility index (Phi) is 7.08. The number of aliphatic hydroxyl groups is 3. The van der Waals surface area contributed by atoms with Gasteiger partial charge in [0, 0.05) is 0 Å². The summed E-state index contributed by atoms with van der Waals surface area (Å²) < 4.78 is 21.4. The van der Waals surface area contributed by atoms with Crippen molar-refractivity contribution in [3.05, 3.63) is 47.5 Å². The van der Waals surface area contributed by atoms with Crippen LogP contribution in [0.5, 0.6) is 23.0 Å². The van der Waals surface area contributed by atoms with Crippen LogP contribution in [-0.4, -0.2) is 49.4 Å². The largest absolute Gasteiger partial charge is 0.493 e. The minimum atomic E-state index is -1.11. The molecular formula is C19H24O7. The first kappa shape index (κ1) is 19.8. The third kappa shape index (κ3) is 4.37. The van der Waals surface area contributed by atoms with Gasteiger partial charge in [-0.15, -0.1) is 0 Å². The fourth-order valence-electron chi connectivity index (χ4n) is 2.52. The van der Waals surface area contributed by atoms with Crippen molar-refractivity contribution < 1.29 is 34.3 Å². The number of hydrogen-bond acceptors (Lipinski definition) is 7. The lowest BCUT2D eigenvalue weighted by molar-refractivity contribution is -0.000540. The van der Waals surface area contributed by atoms with Crippen LogP contribution in [0.25, 0.3) is 0 Å². The van der Waals surface area contributed by atoms with Gasteiger partial charge in [0.1, 0.15) is 6.10 Å². The molecule has 0 heterocycles. The van der Waals surface area contributed by atoms with Crippen LogP contribution in [0, 0.1) is 0 Å². The van der Waals surface area contributed by atoms with Crippen molar-refractivity contribution >= 4 is 0 Å². The van der Waals surface area contributed by atoms with Gasteiger partial charge in [-0.05, 0) is 35.4 Å². The Balaban J connectivity index is 2.25. The first-order valence-electron chi connectivity index (χ1n) is 8.03. The Bertz CT molecular complexity index is 717. The minimum Gasteiger partial charge on any atom is -0.493 e. The molecule has 0 spiro atoms. The van der Waals surface area contributed by atoms with Crippen molar-refractivity contribution in [2.24, 2.45) is 0 Å². The highest BCUT2D eigenvalue weighted by molar-refractivity contribution is 5.45. The summed E-state index contributed by atoms with van der Waals surface area (Å²) in [5, 5.41) is 29.5. The lowest BCUT2D eigenvalue weighted by Crippen LogP contribution is -2.29. The van der Waals surface area contributed by atoms with E-state index in [1.807, 2.05) is 0 Å². The summed E-state index contributed by atoms with van der Waals surface area (Å²) in [5.41, 5.74) is 1.17. The van der Waals surface area contributed by atoms with E-state index >= 15 is 0 Å². The van der Waals surface area contributed by atoms with Crippen molar-refractivity contribution in [3.63, 3.8) is 0 Å². The molecule has 0 aromatic heterocycles. The number of benzene rings is 2. The summed E-state index contributed by atoms with van der Waals surface area (Å²) in [7, 11) is 4.50. The molecule has 0 amide bonds. The summed E-state index contributed by atoms with van der Waals surface area (Å²) in [6.07, 6.45) is -2.04. The van der Waals surface area contributed by atoms with Crippen molar-refractivity contribution in [1.29, 1.82) is 0 Å². The van der Waals surface area contributed by atoms with Gasteiger partial charge in [-0.3, -0.25) is 0 Å². The topological polar surface area (TPSA) is 97.6 Å². The van der Waals surface area contributed by atoms with Crippen molar-refractivity contribution in [2.45, 2.75) is 18.8 Å². The molecule has 7 nitrogen and oxygen atoms in total. The number of methoxy groups -OCH3 is 3. The van der Waals surface area contributed by atoms with Gasteiger partial charge in [0.25, 0.3) is 0 Å². The van der Waals surface area contributed by atoms with E-state index < -0.39 is 18.8 Å². The molecule has 0 saturated carbocycles. The van der Waals surface area contributed by atoms with Crippen molar-refractivity contribution in [3.8, 4) is 23.0 Å². The van der Waals surface area contributed by atoms with E-state index in [1.165, 1.54) is 21.3 Å². The zero-order valence-corrected chi connectivity index (χ0v) is 15.0. The first-order chi connectivity index (χ1) is 12.6. The van der Waals surface area contributed by atoms with Crippen LogP contribution in [0.15, 0.2) is 36.4 Å². The molecule has 0 aliphatic rings. The van der Waals surface area contributed by atoms with Crippen molar-refractivity contribution in [1.82, 2.24) is 0 Å². The second-order valence-electron chi connectivity index (χ2n) is 5.54. The molecule has 2 aromatic rings. The minimum absolute atomic E-state index is 0.131. The third-order valence-electron chi connectivity index (χ3n) is 3.97. The summed E-state index contributed by atoms with van der Waals surface area (Å²) in [4.78, 5) is 0. The van der Waals surface area contributed by atoms with Gasteiger partial charge in [-0.2, -0.15) is 0 Å². The average Bonchev–Trinajstić information content (AvgIpc) is 2.70. The summed E-state index contributed by atoms with van der Waals surface area (Å²) >= 11 is 0. The fraction of sp³-hybridized carbons (Fsp3) is 0.368. The lowest BCUT2D eigenvalue weighted by Gasteiger charge is -2.24. The van der Waals surface area contributed by atoms with Gasteiger partial charge in [0.05, 0.1) is 34.5 Å². The highest BCUT2D eigenvalue weighted by Crippen LogP contribution is 2.34. The second-order valence-corrected chi connectivity index (χ2v) is 5.54. The highest BCUT2D eigenvalue weighted by atomic mass is 16.5. The van der Waals surface area contributed by atoms with Crippen LogP contribution < -0.4 is 18.9 Å². The van der Waals surface area contributed by atoms with E-state index in [-0.39, 0.29) is 6.61 Å². The average molecular weight is 364 g/mol. The van der Waals surface area contributed by atoms with E-state index in [9.17, 15) is 15.3 Å². The fourth-order valence-corrected chi connectivity index (χ4v) is 2.52. The first-order valence-corrected chi connectivity index (χ1v) is 8.03. The SMILES string of the molecule is COc1ccc([C@H](O)[C@H](CO)Oc2ccc(CO)cc2OC)cc1OC. The van der Waals surface area contributed by atoms with Crippen LogP contribution in [0.3, 0.4) is 0 Å². The Hall–Kier alpha value is -2.48. The van der Waals surface area contributed by atoms with Gasteiger partial charge in [-0.25, -0.2) is 0 Å². The molecule has 0 fully saturated rings. The van der Waals surface area contributed by atoms with Gasteiger partial charge in [0.15, 0.2) is 29.1 Å². The molecule has 0 unspecified atom stereocenters. The van der Waals surface area contributed by atoms with E-state index in [2.05, 4.69) is 0 Å². The van der Waals surface area contributed by atoms with E-state index in [1.54, 1.807) is 36.4 Å². The molecule has 0 bridgehead atoms. The Labute approximate surface area is 152 Å². The molecule has 7 heteroatoms. The molecule has 2 aromatic carbocycles. The zero-order chi connectivity index (χ0) is 19.1. The van der Waals surface area contributed by atoms with Crippen molar-refractivity contribution in [2.75, 3.05) is 27.9 Å². The maximum atomic E-state index is 10.6. The second kappa shape index (κ2) is 9.28. The number of ether oxygens (including phenoxy) is 4. The Morgan fingerprint density at radius 1 is 0.808 bits per heavy atom. The van der Waals surface area contributed by atoms with Crippen LogP contribution >= 0.6 is 0 Å². The van der Waals surface area contributed by atoms with Gasteiger partial charge in [-0.1, -0.05) is 12.1 Å². The Morgan fingerprint density at radius 3 is 2.00 bits per heavy atom. The molecule has 26 heavy (non-hydrogen) atoms. The molecular weight excluding hydrogens is 340 g/mol. The Morgan fingerprint density at radius 2 is 1.42 bits per heavy atom. The maximum absolute atomic E-state index is 10.6. The smallest absolute Gasteiger partial charge is 0.161 e. The predicted octanol–water partition coefficient (Wildman–Crippen LogP) is 1.68. The van der Waals surface area contributed by atoms with Gasteiger partial charge in [0.2, 0.25) is 0 Å². The summed E-state index contributed by atoms with van der Waals surface area (Å²) in [6, 6.07) is 9.89. The van der Waals surface area contributed by atoms with Gasteiger partial charge >= 0.3 is 0 Å². The molecule has 0 aliphatic carbocycles. The standard InChI is InChI=1S/C19H24O7/c1-23-14-7-5-13(9-17(14)25-3)19(22)18(11-21)26-15-6-4-12(10-20)8-16(15)24-2/h4-9,18-22H,10-11H2,1-3H3/t18-,19-/m0/s1. The molecule has 0 radical (unpaired) electrons. The van der Waals surface area contributed by atoms with Crippen LogP contribution in [0.4, 0.5) is 0 Å². The molecule has 2 atom stereocenters. The molecule has 142 valence electrons. The van der Waals surface area contributed by atoms with Crippen LogP contribution in [0.2, 0.25) is 0 Å². The molecule has 3 N–H and O–H groups in total. The zero-order valence-electron chi connectivity index (χ0n) is 15.0. The van der Waals surface area contributed by atoms with E-state index in [4.69, 9.17) is 18.9 Å². The lowest BCUT2D eigenvalue weighted by atomic mass is 10.0. The predicted molar refractivity (Wildman–Crippen MR) is 94.9 cm³/mol. The number of rotatable bonds is 9. The molecule has 0 saturated heterocycles. The normalized spacial score (nSPS) is 13.0. The molecule has 2 rings (SSSR count). The number of hydrogen-bond donors (Lipinski definition) is 3. The van der Waals surface area contributed by atoms with Crippen LogP contribution in [-0.2, 0) is 6.61 Å². The maximum Gasteiger partial charge on any atom is 0.161 e. The number of aliphatic hydroxyl groups excluding tert-OH is 3. The monoisotopic (exact) mass is 364 g/mol.